The van der Waals surface area contributed by atoms with E-state index in [9.17, 15) is 22.0 Å². The molecule has 7 heteroatoms. The summed E-state index contributed by atoms with van der Waals surface area (Å²) in [5.41, 5.74) is 1.82. The molecule has 0 radical (unpaired) electrons. The number of rotatable bonds is 3. The summed E-state index contributed by atoms with van der Waals surface area (Å²) < 4.78 is 56.4. The van der Waals surface area contributed by atoms with Gasteiger partial charge in [0.2, 0.25) is 0 Å². The molecule has 1 aliphatic rings. The molecule has 24 heavy (non-hydrogen) atoms. The molecule has 0 amide bonds. The summed E-state index contributed by atoms with van der Waals surface area (Å²) in [5, 5.41) is 0. The molecule has 2 aromatic carbocycles. The molecule has 2 aromatic rings. The Balaban J connectivity index is 2.08. The van der Waals surface area contributed by atoms with Crippen LogP contribution in [0.3, 0.4) is 0 Å². The van der Waals surface area contributed by atoms with E-state index >= 15 is 0 Å². The minimum atomic E-state index is -4.53. The maximum atomic E-state index is 13.8. The van der Waals surface area contributed by atoms with Crippen molar-refractivity contribution in [3.63, 3.8) is 0 Å². The Labute approximate surface area is 138 Å². The van der Waals surface area contributed by atoms with Gasteiger partial charge in [-0.2, -0.15) is 8.42 Å². The van der Waals surface area contributed by atoms with Gasteiger partial charge in [0.05, 0.1) is 5.56 Å². The molecule has 0 saturated heterocycles. The first kappa shape index (κ1) is 16.6. The van der Waals surface area contributed by atoms with Gasteiger partial charge in [-0.1, -0.05) is 13.0 Å². The maximum absolute atomic E-state index is 13.8. The highest BCUT2D eigenvalue weighted by molar-refractivity contribution is 7.87. The Morgan fingerprint density at radius 1 is 1.17 bits per heavy atom. The van der Waals surface area contributed by atoms with E-state index in [0.717, 1.165) is 23.3 Å². The first-order valence-electron chi connectivity index (χ1n) is 7.27. The molecule has 0 spiro atoms. The van der Waals surface area contributed by atoms with Crippen molar-refractivity contribution >= 4 is 15.9 Å². The van der Waals surface area contributed by atoms with Gasteiger partial charge in [-0.05, 0) is 42.2 Å². The van der Waals surface area contributed by atoms with Crippen LogP contribution in [0.5, 0.6) is 5.75 Å². The Bertz CT molecular complexity index is 951. The van der Waals surface area contributed by atoms with Crippen molar-refractivity contribution in [2.75, 3.05) is 0 Å². The third kappa shape index (κ3) is 2.69. The van der Waals surface area contributed by atoms with Crippen molar-refractivity contribution in [1.29, 1.82) is 0 Å². The van der Waals surface area contributed by atoms with Crippen LogP contribution in [0.4, 0.5) is 8.78 Å². The predicted octanol–water partition coefficient (Wildman–Crippen LogP) is 3.73. The highest BCUT2D eigenvalue weighted by Crippen LogP contribution is 2.41. The summed E-state index contributed by atoms with van der Waals surface area (Å²) in [6.07, 6.45) is 0.265. The van der Waals surface area contributed by atoms with Gasteiger partial charge in [0.15, 0.2) is 11.5 Å². The van der Waals surface area contributed by atoms with Crippen molar-refractivity contribution in [2.45, 2.75) is 31.1 Å². The summed E-state index contributed by atoms with van der Waals surface area (Å²) in [6.45, 7) is 3.69. The molecule has 1 unspecified atom stereocenters. The number of hydrogen-bond donors (Lipinski definition) is 0. The van der Waals surface area contributed by atoms with Crippen LogP contribution in [0.2, 0.25) is 0 Å². The second-order valence-corrected chi connectivity index (χ2v) is 7.32. The smallest absolute Gasteiger partial charge is 0.342 e. The Morgan fingerprint density at radius 3 is 2.54 bits per heavy atom. The van der Waals surface area contributed by atoms with Crippen molar-refractivity contribution in [1.82, 2.24) is 0 Å². The van der Waals surface area contributed by atoms with Crippen molar-refractivity contribution in [3.8, 4) is 5.75 Å². The lowest BCUT2D eigenvalue weighted by molar-refractivity contribution is 0.0989. The van der Waals surface area contributed by atoms with E-state index in [1.807, 2.05) is 13.8 Å². The van der Waals surface area contributed by atoms with Crippen molar-refractivity contribution < 1.29 is 26.2 Å². The van der Waals surface area contributed by atoms with Gasteiger partial charge in [0.1, 0.15) is 16.5 Å². The number of aryl methyl sites for hydroxylation is 1. The zero-order valence-corrected chi connectivity index (χ0v) is 13.8. The molecule has 4 nitrogen and oxygen atoms in total. The van der Waals surface area contributed by atoms with Crippen LogP contribution < -0.4 is 4.18 Å². The molecule has 0 heterocycles. The maximum Gasteiger partial charge on any atom is 0.342 e. The van der Waals surface area contributed by atoms with Crippen LogP contribution in [0.25, 0.3) is 0 Å². The average molecular weight is 352 g/mol. The molecule has 1 atom stereocenters. The van der Waals surface area contributed by atoms with Crippen LogP contribution >= 0.6 is 0 Å². The lowest BCUT2D eigenvalue weighted by Crippen LogP contribution is -2.14. The van der Waals surface area contributed by atoms with E-state index in [1.54, 1.807) is 6.07 Å². The zero-order chi connectivity index (χ0) is 17.6. The normalized spacial score (nSPS) is 17.0. The molecule has 0 aromatic heterocycles. The van der Waals surface area contributed by atoms with Gasteiger partial charge >= 0.3 is 10.1 Å². The van der Waals surface area contributed by atoms with Gasteiger partial charge < -0.3 is 4.18 Å². The summed E-state index contributed by atoms with van der Waals surface area (Å²) in [6, 6.07) is 5.11. The average Bonchev–Trinajstić information content (AvgIpc) is 2.77. The number of halogens is 2. The molecule has 0 aliphatic heterocycles. The molecule has 0 bridgehead atoms. The van der Waals surface area contributed by atoms with Gasteiger partial charge in [-0.25, -0.2) is 8.78 Å². The second-order valence-electron chi connectivity index (χ2n) is 5.81. The van der Waals surface area contributed by atoms with E-state index in [1.165, 1.54) is 6.07 Å². The largest absolute Gasteiger partial charge is 0.378 e. The Kier molecular flexibility index (Phi) is 3.91. The molecular formula is C17H14F2O4S. The quantitative estimate of drug-likeness (QED) is 0.790. The second kappa shape index (κ2) is 5.66. The van der Waals surface area contributed by atoms with E-state index in [0.29, 0.717) is 6.07 Å². The fourth-order valence-electron chi connectivity index (χ4n) is 3.02. The third-order valence-electron chi connectivity index (χ3n) is 4.05. The molecule has 0 N–H and O–H groups in total. The van der Waals surface area contributed by atoms with E-state index in [-0.39, 0.29) is 29.4 Å². The van der Waals surface area contributed by atoms with Gasteiger partial charge in [0, 0.05) is 12.5 Å². The van der Waals surface area contributed by atoms with Crippen LogP contribution in [0, 0.1) is 18.6 Å². The van der Waals surface area contributed by atoms with Crippen molar-refractivity contribution in [3.05, 3.63) is 58.7 Å². The summed E-state index contributed by atoms with van der Waals surface area (Å²) in [4.78, 5) is 11.4. The number of carbonyl (C=O) groups is 1. The lowest BCUT2D eigenvalue weighted by atomic mass is 9.98. The number of fused-ring (bicyclic) bond motifs is 1. The Morgan fingerprint density at radius 2 is 1.88 bits per heavy atom. The van der Waals surface area contributed by atoms with Gasteiger partial charge in [-0.3, -0.25) is 4.79 Å². The minimum Gasteiger partial charge on any atom is -0.378 e. The standard InChI is InChI=1S/C17H14F2O4S/c1-9-3-5-14(17-13(20)7-10(2)16(9)17)23-24(21,22)15-6-4-11(18)8-12(15)19/h3-6,8,10H,7H2,1-2H3. The third-order valence-corrected chi connectivity index (χ3v) is 5.32. The molecule has 0 saturated carbocycles. The monoisotopic (exact) mass is 352 g/mol. The topological polar surface area (TPSA) is 60.4 Å². The summed E-state index contributed by atoms with van der Waals surface area (Å²) in [5.74, 6) is -2.54. The fraction of sp³-hybridized carbons (Fsp3) is 0.235. The summed E-state index contributed by atoms with van der Waals surface area (Å²) >= 11 is 0. The van der Waals surface area contributed by atoms with Gasteiger partial charge in [0.25, 0.3) is 0 Å². The van der Waals surface area contributed by atoms with Crippen LogP contribution in [0.15, 0.2) is 35.2 Å². The number of benzene rings is 2. The Hall–Kier alpha value is -2.28. The highest BCUT2D eigenvalue weighted by atomic mass is 32.2. The fourth-order valence-corrected chi connectivity index (χ4v) is 4.02. The zero-order valence-electron chi connectivity index (χ0n) is 13.0. The van der Waals surface area contributed by atoms with E-state index in [2.05, 4.69) is 0 Å². The van der Waals surface area contributed by atoms with Gasteiger partial charge in [-0.15, -0.1) is 0 Å². The predicted molar refractivity (Wildman–Crippen MR) is 82.7 cm³/mol. The number of Topliss-reactive ketones (excluding diaryl/α,β-unsaturated/α-hetero) is 1. The molecule has 0 fully saturated rings. The highest BCUT2D eigenvalue weighted by Gasteiger charge is 2.33. The first-order valence-corrected chi connectivity index (χ1v) is 8.68. The number of carbonyl (C=O) groups excluding carboxylic acids is 1. The van der Waals surface area contributed by atoms with E-state index < -0.39 is 26.6 Å². The van der Waals surface area contributed by atoms with E-state index in [4.69, 9.17) is 4.18 Å². The number of ketones is 1. The van der Waals surface area contributed by atoms with Crippen LogP contribution in [-0.2, 0) is 10.1 Å². The molecule has 3 rings (SSSR count). The first-order chi connectivity index (χ1) is 11.2. The molecule has 1 aliphatic carbocycles. The van der Waals surface area contributed by atoms with Crippen molar-refractivity contribution in [2.24, 2.45) is 0 Å². The molecule has 126 valence electrons. The molecular weight excluding hydrogens is 338 g/mol. The summed E-state index contributed by atoms with van der Waals surface area (Å²) in [7, 11) is -4.53. The minimum absolute atomic E-state index is 0.0405. The SMILES string of the molecule is Cc1ccc(OS(=O)(=O)c2ccc(F)cc2F)c2c1C(C)CC2=O. The lowest BCUT2D eigenvalue weighted by Gasteiger charge is -2.13. The van der Waals surface area contributed by atoms with Crippen LogP contribution in [0.1, 0.15) is 40.7 Å². The number of hydrogen-bond acceptors (Lipinski definition) is 4. The van der Waals surface area contributed by atoms with Crippen LogP contribution in [-0.4, -0.2) is 14.2 Å².